The number of esters is 2. The van der Waals surface area contributed by atoms with Gasteiger partial charge in [-0.05, 0) is 51.9 Å². The van der Waals surface area contributed by atoms with E-state index in [0.29, 0.717) is 30.7 Å². The smallest absolute Gasteiger partial charge is 0.343 e. The number of aliphatic carboxylic acids is 1. The minimum absolute atomic E-state index is 0.0176. The van der Waals surface area contributed by atoms with Crippen molar-refractivity contribution in [3.63, 3.8) is 0 Å². The van der Waals surface area contributed by atoms with Gasteiger partial charge in [-0.2, -0.15) is 0 Å². The summed E-state index contributed by atoms with van der Waals surface area (Å²) in [7, 11) is 1.93. The van der Waals surface area contributed by atoms with Crippen LogP contribution in [-0.2, 0) is 47.1 Å². The summed E-state index contributed by atoms with van der Waals surface area (Å²) in [4.78, 5) is 50.4. The van der Waals surface area contributed by atoms with Crippen molar-refractivity contribution in [1.29, 1.82) is 0 Å². The Hall–Kier alpha value is -3.56. The zero-order valence-corrected chi connectivity index (χ0v) is 23.3. The molecule has 1 amide bonds. The van der Waals surface area contributed by atoms with Gasteiger partial charge in [0.05, 0.1) is 17.6 Å². The van der Waals surface area contributed by atoms with E-state index in [4.69, 9.17) is 19.3 Å². The molecule has 2 aliphatic heterocycles. The molecule has 4 aliphatic rings. The Morgan fingerprint density at radius 3 is 2.52 bits per heavy atom. The van der Waals surface area contributed by atoms with Crippen LogP contribution in [0.5, 0.6) is 5.75 Å². The van der Waals surface area contributed by atoms with E-state index in [0.717, 1.165) is 18.1 Å². The maximum absolute atomic E-state index is 13.0. The SMILES string of the molecule is C[C@H](NC(=O)[C@H](C)OC(=O)[C@H](O)[C@@H](O)C(=O)OC1=CC[C@@]2(O)[C@H]3Cc4ccc(CO)c5c4[C@@]2(CCN3C)[C@H]1O5)C(=O)O. The van der Waals surface area contributed by atoms with Crippen LogP contribution in [-0.4, -0.2) is 110 Å². The van der Waals surface area contributed by atoms with Crippen LogP contribution in [0.2, 0.25) is 0 Å². The van der Waals surface area contributed by atoms with E-state index in [-0.39, 0.29) is 24.8 Å². The Morgan fingerprint density at radius 2 is 1.86 bits per heavy atom. The number of likely N-dealkylation sites (tertiary alicyclic amines) is 1. The first kappa shape index (κ1) is 29.9. The van der Waals surface area contributed by atoms with Gasteiger partial charge >= 0.3 is 17.9 Å². The van der Waals surface area contributed by atoms with Crippen LogP contribution >= 0.6 is 0 Å². The highest BCUT2D eigenvalue weighted by molar-refractivity contribution is 5.90. The van der Waals surface area contributed by atoms with Crippen LogP contribution < -0.4 is 10.1 Å². The van der Waals surface area contributed by atoms with Gasteiger partial charge < -0.3 is 50.0 Å². The summed E-state index contributed by atoms with van der Waals surface area (Å²) < 4.78 is 16.6. The quantitative estimate of drug-likeness (QED) is 0.176. The maximum atomic E-state index is 13.0. The van der Waals surface area contributed by atoms with Crippen LogP contribution in [0, 0.1) is 0 Å². The maximum Gasteiger partial charge on any atom is 0.343 e. The number of piperidine rings is 1. The fourth-order valence-corrected chi connectivity index (χ4v) is 6.76. The Kier molecular flexibility index (Phi) is 7.56. The van der Waals surface area contributed by atoms with Gasteiger partial charge in [0.1, 0.15) is 17.6 Å². The lowest BCUT2D eigenvalue weighted by atomic mass is 9.50. The number of nitrogens with one attached hydrogen (secondary N) is 1. The highest BCUT2D eigenvalue weighted by Gasteiger charge is 2.72. The zero-order valence-electron chi connectivity index (χ0n) is 23.3. The predicted octanol–water partition coefficient (Wildman–Crippen LogP) is -1.76. The number of aliphatic hydroxyl groups excluding tert-OH is 3. The number of likely N-dealkylation sites (N-methyl/N-ethyl adjacent to an activating group) is 1. The molecular weight excluding hydrogens is 556 g/mol. The average molecular weight is 591 g/mol. The van der Waals surface area contributed by atoms with Crippen molar-refractivity contribution < 1.29 is 58.9 Å². The number of carboxylic acids is 1. The highest BCUT2D eigenvalue weighted by atomic mass is 16.6. The van der Waals surface area contributed by atoms with Crippen LogP contribution in [0.3, 0.4) is 0 Å². The number of amides is 1. The van der Waals surface area contributed by atoms with Crippen LogP contribution in [0.25, 0.3) is 0 Å². The molecule has 0 saturated carbocycles. The van der Waals surface area contributed by atoms with Gasteiger partial charge in [-0.25, -0.2) is 9.59 Å². The first-order chi connectivity index (χ1) is 19.8. The molecule has 2 bridgehead atoms. The van der Waals surface area contributed by atoms with Crippen molar-refractivity contribution in [3.05, 3.63) is 40.7 Å². The van der Waals surface area contributed by atoms with Crippen molar-refractivity contribution in [3.8, 4) is 5.75 Å². The molecule has 228 valence electrons. The summed E-state index contributed by atoms with van der Waals surface area (Å²) in [6.07, 6.45) is -4.78. The van der Waals surface area contributed by atoms with Crippen LogP contribution in [0.15, 0.2) is 24.0 Å². The normalized spacial score (nSPS) is 30.0. The first-order valence-electron chi connectivity index (χ1n) is 13.6. The predicted molar refractivity (Wildman–Crippen MR) is 140 cm³/mol. The summed E-state index contributed by atoms with van der Waals surface area (Å²) in [5, 5.41) is 54.0. The molecule has 0 radical (unpaired) electrons. The topological polar surface area (TPSA) is 212 Å². The molecule has 1 aromatic rings. The van der Waals surface area contributed by atoms with Crippen LogP contribution in [0.4, 0.5) is 0 Å². The number of rotatable bonds is 9. The summed E-state index contributed by atoms with van der Waals surface area (Å²) in [5.74, 6) is -4.80. The summed E-state index contributed by atoms with van der Waals surface area (Å²) >= 11 is 0. The zero-order chi connectivity index (χ0) is 30.7. The minimum Gasteiger partial charge on any atom is -0.481 e. The molecule has 1 saturated heterocycles. The largest absolute Gasteiger partial charge is 0.481 e. The second-order valence-electron chi connectivity index (χ2n) is 11.4. The van der Waals surface area contributed by atoms with E-state index in [9.17, 15) is 39.6 Å². The standard InChI is InChI=1S/C28H34N2O12/c1-12(24(35)36)29-23(34)13(2)40-25(37)19(32)20(33)26(38)41-16-6-7-28(39)17-10-14-4-5-15(11-31)21-18(14)27(28,22(16)42-21)8-9-30(17)3/h4-6,12-13,17,19-20,22,31-33,39H,7-11H2,1-3H3,(H,29,34)(H,35,36)/t12-,13-,17+,19+,20+,22-,27-,28+/m0/s1. The van der Waals surface area contributed by atoms with Gasteiger partial charge in [-0.3, -0.25) is 9.59 Å². The number of carbonyl (C=O) groups excluding carboxylic acids is 3. The Bertz CT molecular complexity index is 1360. The van der Waals surface area contributed by atoms with E-state index in [1.54, 1.807) is 6.07 Å². The Balaban J connectivity index is 1.34. The lowest BCUT2D eigenvalue weighted by Gasteiger charge is -2.61. The van der Waals surface area contributed by atoms with Gasteiger partial charge in [-0.1, -0.05) is 12.1 Å². The first-order valence-corrected chi connectivity index (χ1v) is 13.6. The number of ether oxygens (including phenoxy) is 3. The van der Waals surface area contributed by atoms with Crippen molar-refractivity contribution >= 4 is 23.8 Å². The third-order valence-electron chi connectivity index (χ3n) is 9.02. The number of nitrogens with zero attached hydrogens (tertiary/aromatic N) is 1. The number of hydrogen-bond donors (Lipinski definition) is 6. The second-order valence-corrected chi connectivity index (χ2v) is 11.4. The molecule has 1 fully saturated rings. The number of benzene rings is 1. The summed E-state index contributed by atoms with van der Waals surface area (Å²) in [6, 6.07) is 2.13. The van der Waals surface area contributed by atoms with Gasteiger partial charge in [0.25, 0.3) is 5.91 Å². The Morgan fingerprint density at radius 1 is 1.17 bits per heavy atom. The van der Waals surface area contributed by atoms with Gasteiger partial charge in [0.2, 0.25) is 0 Å². The van der Waals surface area contributed by atoms with Crippen LogP contribution in [0.1, 0.15) is 43.4 Å². The molecule has 5 rings (SSSR count). The lowest BCUT2D eigenvalue weighted by Crippen LogP contribution is -2.74. The van der Waals surface area contributed by atoms with Crippen molar-refractivity contribution in [2.24, 2.45) is 0 Å². The number of carbonyl (C=O) groups is 4. The molecule has 14 heteroatoms. The summed E-state index contributed by atoms with van der Waals surface area (Å²) in [6.45, 7) is 2.61. The van der Waals surface area contributed by atoms with E-state index in [1.807, 2.05) is 13.1 Å². The molecule has 2 aliphatic carbocycles. The fraction of sp³-hybridized carbons (Fsp3) is 0.571. The molecule has 0 unspecified atom stereocenters. The van der Waals surface area contributed by atoms with E-state index in [2.05, 4.69) is 10.2 Å². The molecule has 1 aromatic carbocycles. The molecule has 14 nitrogen and oxygen atoms in total. The summed E-state index contributed by atoms with van der Waals surface area (Å²) in [5.41, 5.74) is -0.0733. The van der Waals surface area contributed by atoms with Crippen molar-refractivity contribution in [2.45, 2.75) is 87.2 Å². The number of hydrogen-bond acceptors (Lipinski definition) is 12. The van der Waals surface area contributed by atoms with E-state index in [1.165, 1.54) is 13.0 Å². The monoisotopic (exact) mass is 590 g/mol. The third-order valence-corrected chi connectivity index (χ3v) is 9.02. The third kappa shape index (κ3) is 4.36. The number of aliphatic hydroxyl groups is 4. The fourth-order valence-electron chi connectivity index (χ4n) is 6.76. The van der Waals surface area contributed by atoms with E-state index < -0.39 is 65.3 Å². The van der Waals surface area contributed by atoms with Gasteiger partial charge in [0.15, 0.2) is 24.4 Å². The number of carboxylic acid groups (broad SMARTS) is 1. The molecule has 1 spiro atoms. The van der Waals surface area contributed by atoms with E-state index >= 15 is 0 Å². The highest BCUT2D eigenvalue weighted by Crippen LogP contribution is 2.64. The van der Waals surface area contributed by atoms with Gasteiger partial charge in [0, 0.05) is 23.6 Å². The molecule has 0 aromatic heterocycles. The second kappa shape index (κ2) is 10.6. The molecule has 8 atom stereocenters. The van der Waals surface area contributed by atoms with Gasteiger partial charge in [-0.15, -0.1) is 0 Å². The molecule has 2 heterocycles. The molecule has 6 N–H and O–H groups in total. The lowest BCUT2D eigenvalue weighted by molar-refractivity contribution is -0.181. The molecular formula is C28H34N2O12. The van der Waals surface area contributed by atoms with Crippen molar-refractivity contribution in [2.75, 3.05) is 13.6 Å². The minimum atomic E-state index is -2.43. The Labute approximate surface area is 240 Å². The molecule has 42 heavy (non-hydrogen) atoms. The average Bonchev–Trinajstić information content (AvgIpc) is 3.31. The van der Waals surface area contributed by atoms with Crippen molar-refractivity contribution in [1.82, 2.24) is 10.2 Å².